The molecule has 20 heavy (non-hydrogen) atoms. The quantitative estimate of drug-likeness (QED) is 0.878. The molecule has 1 N–H and O–H groups in total. The van der Waals surface area contributed by atoms with Gasteiger partial charge in [-0.15, -0.1) is 0 Å². The van der Waals surface area contributed by atoms with Gasteiger partial charge in [0, 0.05) is 17.6 Å². The van der Waals surface area contributed by atoms with Crippen molar-refractivity contribution in [2.24, 2.45) is 0 Å². The molecule has 0 aliphatic rings. The summed E-state index contributed by atoms with van der Waals surface area (Å²) in [5.74, 6) is -0.781. The van der Waals surface area contributed by atoms with Gasteiger partial charge < -0.3 is 5.11 Å². The number of fused-ring (bicyclic) bond motifs is 1. The molecule has 4 nitrogen and oxygen atoms in total. The van der Waals surface area contributed by atoms with E-state index in [1.807, 2.05) is 30.0 Å². The summed E-state index contributed by atoms with van der Waals surface area (Å²) in [6.45, 7) is 5.56. The van der Waals surface area contributed by atoms with Gasteiger partial charge >= 0.3 is 5.97 Å². The highest BCUT2D eigenvalue weighted by molar-refractivity contribution is 5.79. The number of carboxylic acids is 1. The van der Waals surface area contributed by atoms with E-state index in [4.69, 9.17) is 5.11 Å². The molecule has 2 aromatic rings. The van der Waals surface area contributed by atoms with Crippen LogP contribution in [-0.2, 0) is 11.3 Å². The minimum absolute atomic E-state index is 0.0814. The normalized spacial score (nSPS) is 11.2. The fourth-order valence-electron chi connectivity index (χ4n) is 2.36. The number of aromatic nitrogens is 1. The Balaban J connectivity index is 2.19. The number of hydrogen-bond acceptors (Lipinski definition) is 3. The zero-order valence-corrected chi connectivity index (χ0v) is 12.0. The molecule has 0 fully saturated rings. The van der Waals surface area contributed by atoms with Gasteiger partial charge in [-0.1, -0.05) is 19.1 Å². The molecule has 0 bridgehead atoms. The highest BCUT2D eigenvalue weighted by atomic mass is 16.4. The number of rotatable bonds is 6. The van der Waals surface area contributed by atoms with Crippen molar-refractivity contribution in [3.05, 3.63) is 41.6 Å². The fraction of sp³-hybridized carbons (Fsp3) is 0.375. The molecule has 0 saturated carbocycles. The summed E-state index contributed by atoms with van der Waals surface area (Å²) < 4.78 is 0. The molecule has 106 valence electrons. The number of carbonyl (C=O) groups is 1. The van der Waals surface area contributed by atoms with Gasteiger partial charge in [-0.05, 0) is 43.7 Å². The van der Waals surface area contributed by atoms with Crippen LogP contribution in [0.4, 0.5) is 0 Å². The van der Waals surface area contributed by atoms with Crippen LogP contribution in [-0.4, -0.2) is 34.0 Å². The third kappa shape index (κ3) is 3.78. The van der Waals surface area contributed by atoms with Crippen molar-refractivity contribution in [1.29, 1.82) is 0 Å². The van der Waals surface area contributed by atoms with E-state index in [-0.39, 0.29) is 6.54 Å². The first-order valence-electron chi connectivity index (χ1n) is 6.89. The van der Waals surface area contributed by atoms with Crippen molar-refractivity contribution in [2.45, 2.75) is 26.8 Å². The summed E-state index contributed by atoms with van der Waals surface area (Å²) in [5, 5.41) is 10.0. The maximum absolute atomic E-state index is 10.9. The number of hydrogen-bond donors (Lipinski definition) is 1. The molecule has 0 radical (unpaired) electrons. The van der Waals surface area contributed by atoms with Crippen LogP contribution >= 0.6 is 0 Å². The lowest BCUT2D eigenvalue weighted by Crippen LogP contribution is -2.30. The number of benzene rings is 1. The first-order chi connectivity index (χ1) is 9.58. The first-order valence-corrected chi connectivity index (χ1v) is 6.89. The van der Waals surface area contributed by atoms with E-state index in [0.29, 0.717) is 6.54 Å². The zero-order chi connectivity index (χ0) is 14.5. The van der Waals surface area contributed by atoms with Gasteiger partial charge in [0.1, 0.15) is 0 Å². The second-order valence-corrected chi connectivity index (χ2v) is 5.08. The maximum Gasteiger partial charge on any atom is 0.317 e. The summed E-state index contributed by atoms with van der Waals surface area (Å²) in [5.41, 5.74) is 3.11. The third-order valence-corrected chi connectivity index (χ3v) is 3.20. The van der Waals surface area contributed by atoms with E-state index in [0.717, 1.165) is 35.1 Å². The average Bonchev–Trinajstić information content (AvgIpc) is 2.38. The Labute approximate surface area is 119 Å². The zero-order valence-electron chi connectivity index (χ0n) is 12.0. The lowest BCUT2D eigenvalue weighted by Gasteiger charge is -2.19. The van der Waals surface area contributed by atoms with Crippen LogP contribution in [0.15, 0.2) is 30.3 Å². The second-order valence-electron chi connectivity index (χ2n) is 5.08. The maximum atomic E-state index is 10.9. The number of aliphatic carboxylic acids is 1. The Bertz CT molecular complexity index is 610. The van der Waals surface area contributed by atoms with E-state index in [1.54, 1.807) is 0 Å². The Hall–Kier alpha value is -1.94. The minimum atomic E-state index is -0.781. The van der Waals surface area contributed by atoms with Gasteiger partial charge in [-0.25, -0.2) is 0 Å². The molecule has 4 heteroatoms. The van der Waals surface area contributed by atoms with E-state index in [1.165, 1.54) is 0 Å². The van der Waals surface area contributed by atoms with Crippen LogP contribution in [0.2, 0.25) is 0 Å². The van der Waals surface area contributed by atoms with Gasteiger partial charge in [-0.3, -0.25) is 14.7 Å². The van der Waals surface area contributed by atoms with Gasteiger partial charge in [0.2, 0.25) is 0 Å². The van der Waals surface area contributed by atoms with Crippen molar-refractivity contribution in [1.82, 2.24) is 9.88 Å². The van der Waals surface area contributed by atoms with Crippen molar-refractivity contribution >= 4 is 16.9 Å². The minimum Gasteiger partial charge on any atom is -0.480 e. The standard InChI is InChI=1S/C16H20N2O2/c1-3-8-18(11-16(19)20)10-13-5-7-15-14(9-13)6-4-12(2)17-15/h4-7,9H,3,8,10-11H2,1-2H3,(H,19,20). The van der Waals surface area contributed by atoms with Crippen molar-refractivity contribution in [2.75, 3.05) is 13.1 Å². The van der Waals surface area contributed by atoms with E-state index in [9.17, 15) is 4.79 Å². The number of nitrogens with zero attached hydrogens (tertiary/aromatic N) is 2. The molecule has 0 spiro atoms. The van der Waals surface area contributed by atoms with E-state index >= 15 is 0 Å². The van der Waals surface area contributed by atoms with Crippen LogP contribution in [0.1, 0.15) is 24.6 Å². The fourth-order valence-corrected chi connectivity index (χ4v) is 2.36. The highest BCUT2D eigenvalue weighted by Crippen LogP contribution is 2.16. The van der Waals surface area contributed by atoms with E-state index in [2.05, 4.69) is 24.0 Å². The SMILES string of the molecule is CCCN(CC(=O)O)Cc1ccc2nc(C)ccc2c1. The van der Waals surface area contributed by atoms with Crippen molar-refractivity contribution in [3.8, 4) is 0 Å². The van der Waals surface area contributed by atoms with Gasteiger partial charge in [0.15, 0.2) is 0 Å². The molecule has 1 heterocycles. The van der Waals surface area contributed by atoms with Crippen molar-refractivity contribution in [3.63, 3.8) is 0 Å². The number of pyridine rings is 1. The largest absolute Gasteiger partial charge is 0.480 e. The number of aryl methyl sites for hydroxylation is 1. The van der Waals surface area contributed by atoms with Crippen LogP contribution in [0.5, 0.6) is 0 Å². The lowest BCUT2D eigenvalue weighted by molar-refractivity contribution is -0.138. The summed E-state index contributed by atoms with van der Waals surface area (Å²) in [6, 6.07) is 10.2. The Morgan fingerprint density at radius 3 is 2.80 bits per heavy atom. The Morgan fingerprint density at radius 2 is 2.10 bits per heavy atom. The molecular formula is C16H20N2O2. The van der Waals surface area contributed by atoms with Crippen LogP contribution in [0.25, 0.3) is 10.9 Å². The smallest absolute Gasteiger partial charge is 0.317 e. The molecule has 1 aromatic carbocycles. The van der Waals surface area contributed by atoms with Crippen LogP contribution < -0.4 is 0 Å². The summed E-state index contributed by atoms with van der Waals surface area (Å²) >= 11 is 0. The van der Waals surface area contributed by atoms with E-state index < -0.39 is 5.97 Å². The summed E-state index contributed by atoms with van der Waals surface area (Å²) in [7, 11) is 0. The highest BCUT2D eigenvalue weighted by Gasteiger charge is 2.09. The van der Waals surface area contributed by atoms with Crippen LogP contribution in [0.3, 0.4) is 0 Å². The molecular weight excluding hydrogens is 252 g/mol. The summed E-state index contributed by atoms with van der Waals surface area (Å²) in [4.78, 5) is 17.3. The van der Waals surface area contributed by atoms with Gasteiger partial charge in [0.05, 0.1) is 12.1 Å². The van der Waals surface area contributed by atoms with Gasteiger partial charge in [-0.2, -0.15) is 0 Å². The molecule has 0 amide bonds. The third-order valence-electron chi connectivity index (χ3n) is 3.20. The Morgan fingerprint density at radius 1 is 1.30 bits per heavy atom. The average molecular weight is 272 g/mol. The molecule has 1 aromatic heterocycles. The monoisotopic (exact) mass is 272 g/mol. The molecule has 0 aliphatic heterocycles. The predicted octanol–water partition coefficient (Wildman–Crippen LogP) is 2.84. The molecule has 0 atom stereocenters. The molecule has 2 rings (SSSR count). The predicted molar refractivity (Wildman–Crippen MR) is 79.7 cm³/mol. The topological polar surface area (TPSA) is 53.4 Å². The first kappa shape index (κ1) is 14.5. The molecule has 0 saturated heterocycles. The molecule has 0 unspecified atom stereocenters. The van der Waals surface area contributed by atoms with Crippen molar-refractivity contribution < 1.29 is 9.90 Å². The summed E-state index contributed by atoms with van der Waals surface area (Å²) in [6.07, 6.45) is 0.946. The molecule has 0 aliphatic carbocycles. The lowest BCUT2D eigenvalue weighted by atomic mass is 10.1. The van der Waals surface area contributed by atoms with Gasteiger partial charge in [0.25, 0.3) is 0 Å². The van der Waals surface area contributed by atoms with Crippen LogP contribution in [0, 0.1) is 6.92 Å². The second kappa shape index (κ2) is 6.48. The number of carboxylic acid groups (broad SMARTS) is 1. The Kier molecular flexibility index (Phi) is 4.69.